The highest BCUT2D eigenvalue weighted by molar-refractivity contribution is 7.12. The summed E-state index contributed by atoms with van der Waals surface area (Å²) in [5.41, 5.74) is 2.30. The Hall–Kier alpha value is -2.19. The summed E-state index contributed by atoms with van der Waals surface area (Å²) in [4.78, 5) is 29.7. The van der Waals surface area contributed by atoms with E-state index in [2.05, 4.69) is 4.98 Å². The number of aryl methyl sites for hydroxylation is 1. The zero-order chi connectivity index (χ0) is 16.6. The lowest BCUT2D eigenvalue weighted by molar-refractivity contribution is -0.154. The molecule has 1 aliphatic rings. The van der Waals surface area contributed by atoms with Crippen LogP contribution in [0.4, 0.5) is 0 Å². The molecule has 23 heavy (non-hydrogen) atoms. The third-order valence-corrected chi connectivity index (χ3v) is 4.66. The molecule has 3 rings (SSSR count). The Bertz CT molecular complexity index is 738. The zero-order valence-electron chi connectivity index (χ0n) is 12.9. The predicted octanol–water partition coefficient (Wildman–Crippen LogP) is 1.48. The van der Waals surface area contributed by atoms with E-state index in [0.29, 0.717) is 12.1 Å². The highest BCUT2D eigenvalue weighted by Gasteiger charge is 2.31. The van der Waals surface area contributed by atoms with Crippen LogP contribution in [0.15, 0.2) is 17.6 Å². The van der Waals surface area contributed by atoms with Gasteiger partial charge in [-0.25, -0.2) is 9.78 Å². The van der Waals surface area contributed by atoms with E-state index in [-0.39, 0.29) is 19.1 Å². The van der Waals surface area contributed by atoms with Crippen molar-refractivity contribution in [2.75, 3.05) is 19.7 Å². The normalized spacial score (nSPS) is 18.2. The molecule has 1 saturated heterocycles. The molecule has 2 aromatic rings. The van der Waals surface area contributed by atoms with E-state index in [1.165, 1.54) is 16.2 Å². The number of ether oxygens (including phenoxy) is 1. The SMILES string of the molecule is Cc1cc(C(=O)N2CCO[C@H](C(=O)O)C2)c(C)n1-c1nccs1. The summed E-state index contributed by atoms with van der Waals surface area (Å²) in [6.45, 7) is 4.48. The van der Waals surface area contributed by atoms with E-state index >= 15 is 0 Å². The molecule has 7 nitrogen and oxygen atoms in total. The van der Waals surface area contributed by atoms with Gasteiger partial charge in [0, 0.05) is 29.5 Å². The Morgan fingerprint density at radius 3 is 2.87 bits per heavy atom. The van der Waals surface area contributed by atoms with Crippen LogP contribution in [0.1, 0.15) is 21.7 Å². The van der Waals surface area contributed by atoms with Crippen molar-refractivity contribution in [1.82, 2.24) is 14.5 Å². The van der Waals surface area contributed by atoms with E-state index in [1.807, 2.05) is 29.9 Å². The van der Waals surface area contributed by atoms with E-state index < -0.39 is 12.1 Å². The van der Waals surface area contributed by atoms with Crippen LogP contribution in [0, 0.1) is 13.8 Å². The van der Waals surface area contributed by atoms with Gasteiger partial charge in [0.1, 0.15) is 0 Å². The Morgan fingerprint density at radius 1 is 1.43 bits per heavy atom. The molecule has 3 heterocycles. The fourth-order valence-electron chi connectivity index (χ4n) is 2.75. The number of carbonyl (C=O) groups is 2. The molecule has 0 radical (unpaired) electrons. The third kappa shape index (κ3) is 2.87. The molecule has 122 valence electrons. The van der Waals surface area contributed by atoms with Gasteiger partial charge in [-0.3, -0.25) is 9.36 Å². The number of amides is 1. The van der Waals surface area contributed by atoms with Crippen molar-refractivity contribution in [2.24, 2.45) is 0 Å². The number of carbonyl (C=O) groups excluding carboxylic acids is 1. The number of nitrogens with zero attached hydrogens (tertiary/aromatic N) is 3. The summed E-state index contributed by atoms with van der Waals surface area (Å²) in [5, 5.41) is 11.8. The molecular weight excluding hydrogens is 318 g/mol. The van der Waals surface area contributed by atoms with Gasteiger partial charge in [-0.1, -0.05) is 0 Å². The number of carboxylic acid groups (broad SMARTS) is 1. The van der Waals surface area contributed by atoms with Crippen LogP contribution in [0.5, 0.6) is 0 Å². The summed E-state index contributed by atoms with van der Waals surface area (Å²) >= 11 is 1.50. The van der Waals surface area contributed by atoms with Gasteiger partial charge in [-0.05, 0) is 19.9 Å². The van der Waals surface area contributed by atoms with E-state index in [1.54, 1.807) is 6.20 Å². The molecule has 0 bridgehead atoms. The van der Waals surface area contributed by atoms with E-state index in [4.69, 9.17) is 9.84 Å². The lowest BCUT2D eigenvalue weighted by Gasteiger charge is -2.30. The van der Waals surface area contributed by atoms with Crippen LogP contribution in [-0.4, -0.2) is 57.2 Å². The highest BCUT2D eigenvalue weighted by Crippen LogP contribution is 2.24. The van der Waals surface area contributed by atoms with Crippen molar-refractivity contribution >= 4 is 23.2 Å². The topological polar surface area (TPSA) is 84.7 Å². The molecule has 1 aliphatic heterocycles. The fourth-order valence-corrected chi connectivity index (χ4v) is 3.51. The smallest absolute Gasteiger partial charge is 0.334 e. The first-order valence-electron chi connectivity index (χ1n) is 7.21. The number of rotatable bonds is 3. The van der Waals surface area contributed by atoms with Gasteiger partial charge in [-0.15, -0.1) is 11.3 Å². The minimum atomic E-state index is -1.05. The van der Waals surface area contributed by atoms with Gasteiger partial charge in [0.05, 0.1) is 18.7 Å². The Labute approximate surface area is 137 Å². The highest BCUT2D eigenvalue weighted by atomic mass is 32.1. The second kappa shape index (κ2) is 6.13. The molecule has 8 heteroatoms. The Kier molecular flexibility index (Phi) is 4.18. The molecule has 1 atom stereocenters. The van der Waals surface area contributed by atoms with Gasteiger partial charge < -0.3 is 14.7 Å². The molecule has 0 spiro atoms. The second-order valence-electron chi connectivity index (χ2n) is 5.38. The third-order valence-electron chi connectivity index (χ3n) is 3.90. The van der Waals surface area contributed by atoms with Gasteiger partial charge in [0.2, 0.25) is 0 Å². The first kappa shape index (κ1) is 15.7. The van der Waals surface area contributed by atoms with Gasteiger partial charge in [0.25, 0.3) is 5.91 Å². The van der Waals surface area contributed by atoms with E-state index in [9.17, 15) is 9.59 Å². The minimum Gasteiger partial charge on any atom is -0.479 e. The van der Waals surface area contributed by atoms with Crippen LogP contribution >= 0.6 is 11.3 Å². The molecule has 1 amide bonds. The van der Waals surface area contributed by atoms with Crippen LogP contribution in [0.3, 0.4) is 0 Å². The number of hydrogen-bond donors (Lipinski definition) is 1. The summed E-state index contributed by atoms with van der Waals surface area (Å²) in [5.74, 6) is -1.22. The van der Waals surface area contributed by atoms with Crippen molar-refractivity contribution in [3.8, 4) is 5.13 Å². The molecule has 1 fully saturated rings. The molecule has 0 saturated carbocycles. The first-order chi connectivity index (χ1) is 11.0. The fraction of sp³-hybridized carbons (Fsp3) is 0.400. The summed E-state index contributed by atoms with van der Waals surface area (Å²) in [6, 6.07) is 1.82. The quantitative estimate of drug-likeness (QED) is 0.918. The first-order valence-corrected chi connectivity index (χ1v) is 8.09. The zero-order valence-corrected chi connectivity index (χ0v) is 13.7. The summed E-state index contributed by atoms with van der Waals surface area (Å²) < 4.78 is 7.10. The van der Waals surface area contributed by atoms with Crippen LogP contribution < -0.4 is 0 Å². The minimum absolute atomic E-state index is 0.0646. The van der Waals surface area contributed by atoms with Crippen molar-refractivity contribution < 1.29 is 19.4 Å². The maximum atomic E-state index is 12.8. The Balaban J connectivity index is 1.89. The molecule has 1 N–H and O–H groups in total. The van der Waals surface area contributed by atoms with Crippen molar-refractivity contribution in [1.29, 1.82) is 0 Å². The average molecular weight is 335 g/mol. The van der Waals surface area contributed by atoms with Crippen LogP contribution in [0.25, 0.3) is 5.13 Å². The predicted molar refractivity (Wildman–Crippen MR) is 84.2 cm³/mol. The molecule has 0 unspecified atom stereocenters. The molecule has 0 aliphatic carbocycles. The molecule has 2 aromatic heterocycles. The van der Waals surface area contributed by atoms with E-state index in [0.717, 1.165) is 16.5 Å². The van der Waals surface area contributed by atoms with Crippen molar-refractivity contribution in [3.05, 3.63) is 34.6 Å². The monoisotopic (exact) mass is 335 g/mol. The standard InChI is InChI=1S/C15H17N3O4S/c1-9-7-11(10(2)18(9)15-16-3-6-23-15)13(19)17-4-5-22-12(8-17)14(20)21/h3,6-7,12H,4-5,8H2,1-2H3,(H,20,21)/t12-/m0/s1. The number of aliphatic carboxylic acids is 1. The second-order valence-corrected chi connectivity index (χ2v) is 6.26. The number of hydrogen-bond acceptors (Lipinski definition) is 5. The van der Waals surface area contributed by atoms with Gasteiger partial charge >= 0.3 is 5.97 Å². The number of thiazole rings is 1. The lowest BCUT2D eigenvalue weighted by Crippen LogP contribution is -2.48. The lowest BCUT2D eigenvalue weighted by atomic mass is 10.2. The van der Waals surface area contributed by atoms with Crippen LogP contribution in [-0.2, 0) is 9.53 Å². The number of morpholine rings is 1. The number of aromatic nitrogens is 2. The van der Waals surface area contributed by atoms with Crippen molar-refractivity contribution in [2.45, 2.75) is 20.0 Å². The Morgan fingerprint density at radius 2 is 2.22 bits per heavy atom. The van der Waals surface area contributed by atoms with Crippen molar-refractivity contribution in [3.63, 3.8) is 0 Å². The maximum Gasteiger partial charge on any atom is 0.334 e. The van der Waals surface area contributed by atoms with Crippen LogP contribution in [0.2, 0.25) is 0 Å². The average Bonchev–Trinajstić information content (AvgIpc) is 3.14. The molecule has 0 aromatic carbocycles. The number of carboxylic acids is 1. The molecular formula is C15H17N3O4S. The summed E-state index contributed by atoms with van der Waals surface area (Å²) in [7, 11) is 0. The summed E-state index contributed by atoms with van der Waals surface area (Å²) in [6.07, 6.45) is 0.759. The van der Waals surface area contributed by atoms with Gasteiger partial charge in [-0.2, -0.15) is 0 Å². The largest absolute Gasteiger partial charge is 0.479 e. The van der Waals surface area contributed by atoms with Gasteiger partial charge in [0.15, 0.2) is 11.2 Å². The maximum absolute atomic E-state index is 12.8.